The summed E-state index contributed by atoms with van der Waals surface area (Å²) in [5.41, 5.74) is 1.92. The van der Waals surface area contributed by atoms with Gasteiger partial charge >= 0.3 is 0 Å². The van der Waals surface area contributed by atoms with Gasteiger partial charge in [-0.15, -0.1) is 11.3 Å². The molecule has 2 N–H and O–H groups in total. The van der Waals surface area contributed by atoms with Crippen molar-refractivity contribution < 1.29 is 9.59 Å². The molecule has 1 aromatic carbocycles. The number of nitrogens with one attached hydrogen (secondary N) is 2. The van der Waals surface area contributed by atoms with E-state index in [0.717, 1.165) is 42.1 Å². The number of aryl methyl sites for hydroxylation is 1. The van der Waals surface area contributed by atoms with Crippen molar-refractivity contribution >= 4 is 28.8 Å². The van der Waals surface area contributed by atoms with Crippen molar-refractivity contribution in [3.63, 3.8) is 0 Å². The summed E-state index contributed by atoms with van der Waals surface area (Å²) in [5, 5.41) is 8.03. The number of piperidine rings is 1. The zero-order chi connectivity index (χ0) is 18.5. The van der Waals surface area contributed by atoms with Crippen LogP contribution in [0.1, 0.15) is 35.0 Å². The molecule has 0 bridgehead atoms. The lowest BCUT2D eigenvalue weighted by Gasteiger charge is -2.35. The summed E-state index contributed by atoms with van der Waals surface area (Å²) in [4.78, 5) is 27.6. The van der Waals surface area contributed by atoms with Gasteiger partial charge in [-0.2, -0.15) is 0 Å². The second-order valence-corrected chi connectivity index (χ2v) is 7.69. The summed E-state index contributed by atoms with van der Waals surface area (Å²) >= 11 is 1.46. The molecule has 5 nitrogen and oxygen atoms in total. The van der Waals surface area contributed by atoms with Crippen molar-refractivity contribution in [2.24, 2.45) is 0 Å². The van der Waals surface area contributed by atoms with Crippen LogP contribution in [0, 0.1) is 6.92 Å². The van der Waals surface area contributed by atoms with Crippen LogP contribution in [0.4, 0.5) is 5.69 Å². The van der Waals surface area contributed by atoms with E-state index in [1.807, 2.05) is 55.6 Å². The summed E-state index contributed by atoms with van der Waals surface area (Å²) in [6.07, 6.45) is 1.72. The first kappa shape index (κ1) is 18.6. The highest BCUT2D eigenvalue weighted by Crippen LogP contribution is 2.18. The first-order valence-electron chi connectivity index (χ1n) is 8.99. The first-order chi connectivity index (χ1) is 12.5. The lowest BCUT2D eigenvalue weighted by Crippen LogP contribution is -2.50. The van der Waals surface area contributed by atoms with Gasteiger partial charge in [-0.3, -0.25) is 14.5 Å². The van der Waals surface area contributed by atoms with E-state index in [1.165, 1.54) is 11.3 Å². The molecule has 0 spiro atoms. The molecule has 0 saturated carbocycles. The Kier molecular flexibility index (Phi) is 6.06. The number of benzene rings is 1. The van der Waals surface area contributed by atoms with E-state index >= 15 is 0 Å². The molecule has 1 fully saturated rings. The Morgan fingerprint density at radius 2 is 1.88 bits per heavy atom. The van der Waals surface area contributed by atoms with Crippen LogP contribution >= 0.6 is 11.3 Å². The quantitative estimate of drug-likeness (QED) is 0.848. The van der Waals surface area contributed by atoms with Crippen molar-refractivity contribution in [3.05, 3.63) is 52.2 Å². The highest BCUT2D eigenvalue weighted by atomic mass is 32.1. The van der Waals surface area contributed by atoms with Gasteiger partial charge < -0.3 is 10.6 Å². The number of likely N-dealkylation sites (tertiary alicyclic amines) is 1. The van der Waals surface area contributed by atoms with Gasteiger partial charge in [0.1, 0.15) is 0 Å². The van der Waals surface area contributed by atoms with E-state index in [0.29, 0.717) is 0 Å². The van der Waals surface area contributed by atoms with Crippen LogP contribution in [0.2, 0.25) is 0 Å². The van der Waals surface area contributed by atoms with Gasteiger partial charge in [0.15, 0.2) is 0 Å². The SMILES string of the molecule is Cc1ccccc1NC(=O)C(C)N1CCC(NC(=O)c2cccs2)CC1. The molecule has 1 aliphatic heterocycles. The second-order valence-electron chi connectivity index (χ2n) is 6.74. The molecule has 26 heavy (non-hydrogen) atoms. The zero-order valence-electron chi connectivity index (χ0n) is 15.2. The Hall–Kier alpha value is -2.18. The lowest BCUT2D eigenvalue weighted by atomic mass is 10.0. The Labute approximate surface area is 158 Å². The van der Waals surface area contributed by atoms with Crippen LogP contribution in [0.3, 0.4) is 0 Å². The highest BCUT2D eigenvalue weighted by molar-refractivity contribution is 7.12. The van der Waals surface area contributed by atoms with Crippen LogP contribution in [0.25, 0.3) is 0 Å². The fourth-order valence-electron chi connectivity index (χ4n) is 3.21. The molecule has 2 aromatic rings. The molecule has 0 aliphatic carbocycles. The third-order valence-corrected chi connectivity index (χ3v) is 5.81. The van der Waals surface area contributed by atoms with Crippen LogP contribution in [-0.2, 0) is 4.79 Å². The number of amides is 2. The van der Waals surface area contributed by atoms with Crippen LogP contribution in [-0.4, -0.2) is 41.9 Å². The topological polar surface area (TPSA) is 61.4 Å². The third kappa shape index (κ3) is 4.51. The van der Waals surface area contributed by atoms with Crippen LogP contribution in [0.5, 0.6) is 0 Å². The summed E-state index contributed by atoms with van der Waals surface area (Å²) in [6, 6.07) is 11.5. The number of para-hydroxylation sites is 1. The van der Waals surface area contributed by atoms with E-state index in [1.54, 1.807) is 0 Å². The average molecular weight is 372 g/mol. The van der Waals surface area contributed by atoms with Crippen molar-refractivity contribution in [1.82, 2.24) is 10.2 Å². The number of carbonyl (C=O) groups is 2. The minimum Gasteiger partial charge on any atom is -0.349 e. The summed E-state index contributed by atoms with van der Waals surface area (Å²) in [5.74, 6) is 0.0177. The molecule has 2 heterocycles. The molecular weight excluding hydrogens is 346 g/mol. The van der Waals surface area contributed by atoms with Gasteiger partial charge in [0, 0.05) is 24.8 Å². The van der Waals surface area contributed by atoms with Crippen LogP contribution in [0.15, 0.2) is 41.8 Å². The Morgan fingerprint density at radius 1 is 1.15 bits per heavy atom. The van der Waals surface area contributed by atoms with E-state index in [9.17, 15) is 9.59 Å². The molecule has 2 amide bonds. The standard InChI is InChI=1S/C20H25N3O2S/c1-14-6-3-4-7-17(14)22-19(24)15(2)23-11-9-16(10-12-23)21-20(25)18-8-5-13-26-18/h3-8,13,15-16H,9-12H2,1-2H3,(H,21,25)(H,22,24). The maximum Gasteiger partial charge on any atom is 0.261 e. The molecule has 138 valence electrons. The molecular formula is C20H25N3O2S. The smallest absolute Gasteiger partial charge is 0.261 e. The molecule has 1 saturated heterocycles. The summed E-state index contributed by atoms with van der Waals surface area (Å²) in [7, 11) is 0. The van der Waals surface area contributed by atoms with Crippen molar-refractivity contribution in [3.8, 4) is 0 Å². The number of thiophene rings is 1. The lowest BCUT2D eigenvalue weighted by molar-refractivity contribution is -0.121. The van der Waals surface area contributed by atoms with Crippen LogP contribution < -0.4 is 10.6 Å². The normalized spacial score (nSPS) is 16.8. The molecule has 1 aromatic heterocycles. The number of rotatable bonds is 5. The Bertz CT molecular complexity index is 752. The van der Waals surface area contributed by atoms with E-state index in [-0.39, 0.29) is 23.9 Å². The molecule has 3 rings (SSSR count). The highest BCUT2D eigenvalue weighted by Gasteiger charge is 2.27. The summed E-state index contributed by atoms with van der Waals surface area (Å²) in [6.45, 7) is 5.54. The van der Waals surface area contributed by atoms with Gasteiger partial charge in [-0.05, 0) is 49.8 Å². The largest absolute Gasteiger partial charge is 0.349 e. The maximum atomic E-state index is 12.6. The Morgan fingerprint density at radius 3 is 2.54 bits per heavy atom. The van der Waals surface area contributed by atoms with Gasteiger partial charge in [0.25, 0.3) is 5.91 Å². The minimum absolute atomic E-state index is 0.00351. The molecule has 1 aliphatic rings. The fourth-order valence-corrected chi connectivity index (χ4v) is 3.84. The maximum absolute atomic E-state index is 12.6. The number of hydrogen-bond acceptors (Lipinski definition) is 4. The van der Waals surface area contributed by atoms with E-state index < -0.39 is 0 Å². The van der Waals surface area contributed by atoms with E-state index in [2.05, 4.69) is 15.5 Å². The zero-order valence-corrected chi connectivity index (χ0v) is 16.0. The fraction of sp³-hybridized carbons (Fsp3) is 0.400. The number of hydrogen-bond donors (Lipinski definition) is 2. The van der Waals surface area contributed by atoms with Crippen molar-refractivity contribution in [2.45, 2.75) is 38.8 Å². The Balaban J connectivity index is 1.48. The van der Waals surface area contributed by atoms with Crippen molar-refractivity contribution in [1.29, 1.82) is 0 Å². The average Bonchev–Trinajstić information content (AvgIpc) is 3.18. The molecule has 1 unspecified atom stereocenters. The molecule has 6 heteroatoms. The predicted molar refractivity (Wildman–Crippen MR) is 106 cm³/mol. The molecule has 0 radical (unpaired) electrons. The number of nitrogens with zero attached hydrogens (tertiary/aromatic N) is 1. The number of anilines is 1. The van der Waals surface area contributed by atoms with Crippen molar-refractivity contribution in [2.75, 3.05) is 18.4 Å². The monoisotopic (exact) mass is 371 g/mol. The minimum atomic E-state index is -0.191. The van der Waals surface area contributed by atoms with Gasteiger partial charge in [-0.25, -0.2) is 0 Å². The first-order valence-corrected chi connectivity index (χ1v) is 9.87. The van der Waals surface area contributed by atoms with E-state index in [4.69, 9.17) is 0 Å². The van der Waals surface area contributed by atoms with Gasteiger partial charge in [0.05, 0.1) is 10.9 Å². The summed E-state index contributed by atoms with van der Waals surface area (Å²) < 4.78 is 0. The van der Waals surface area contributed by atoms with Gasteiger partial charge in [0.2, 0.25) is 5.91 Å². The number of carbonyl (C=O) groups excluding carboxylic acids is 2. The third-order valence-electron chi connectivity index (χ3n) is 4.94. The second kappa shape index (κ2) is 8.47. The molecule has 1 atom stereocenters. The predicted octanol–water partition coefficient (Wildman–Crippen LogP) is 3.28. The van der Waals surface area contributed by atoms with Gasteiger partial charge in [-0.1, -0.05) is 24.3 Å².